The summed E-state index contributed by atoms with van der Waals surface area (Å²) in [4.78, 5) is 14.3. The molecule has 0 saturated heterocycles. The lowest BCUT2D eigenvalue weighted by atomic mass is 10.0. The minimum Gasteiger partial charge on any atom is -0.394 e. The van der Waals surface area contributed by atoms with E-state index in [2.05, 4.69) is 5.32 Å². The fourth-order valence-electron chi connectivity index (χ4n) is 4.90. The highest BCUT2D eigenvalue weighted by Gasteiger charge is 2.33. The Kier molecular flexibility index (Phi) is 8.97. The molecule has 4 nitrogen and oxygen atoms in total. The van der Waals surface area contributed by atoms with Gasteiger partial charge in [0.05, 0.1) is 24.8 Å². The number of aliphatic hydroxyl groups excluding tert-OH is 1. The average molecular weight is 605 g/mol. The zero-order valence-corrected chi connectivity index (χ0v) is 23.6. The standard InChI is InChI=1S/C31H29ClF4N2O2S/c32-24-7-3-21(27(16-24)31(34,35)36)14-25-15-23-13-22(6-10-29(23)38(25)12-11-33)30(40)37-28(17-39)20-4-8-26(9-5-20)41-18-19-1-2-19/h3-10,13,15-16,19,28,39H,1-2,11-12,14,17-18H2,(H,37,40). The third kappa shape index (κ3) is 7.08. The molecule has 0 aliphatic heterocycles. The number of rotatable bonds is 11. The first-order valence-corrected chi connectivity index (χ1v) is 14.7. The number of carbonyl (C=O) groups excluding carboxylic acids is 1. The van der Waals surface area contributed by atoms with Crippen molar-refractivity contribution in [2.75, 3.05) is 19.0 Å². The summed E-state index contributed by atoms with van der Waals surface area (Å²) in [7, 11) is 0. The minimum atomic E-state index is -4.60. The van der Waals surface area contributed by atoms with Gasteiger partial charge in [0.1, 0.15) is 6.67 Å². The number of hydrogen-bond acceptors (Lipinski definition) is 3. The zero-order valence-electron chi connectivity index (χ0n) is 22.1. The summed E-state index contributed by atoms with van der Waals surface area (Å²) >= 11 is 7.63. The number of nitrogens with one attached hydrogen (secondary N) is 1. The monoisotopic (exact) mass is 604 g/mol. The molecule has 0 radical (unpaired) electrons. The molecule has 1 aliphatic carbocycles. The van der Waals surface area contributed by atoms with Crippen LogP contribution in [-0.2, 0) is 19.1 Å². The summed E-state index contributed by atoms with van der Waals surface area (Å²) in [6, 6.07) is 17.3. The van der Waals surface area contributed by atoms with E-state index >= 15 is 0 Å². The maximum atomic E-state index is 13.7. The molecule has 10 heteroatoms. The summed E-state index contributed by atoms with van der Waals surface area (Å²) in [6.45, 7) is -1.04. The van der Waals surface area contributed by atoms with Gasteiger partial charge in [0.15, 0.2) is 0 Å². The number of aliphatic hydroxyl groups is 1. The van der Waals surface area contributed by atoms with Gasteiger partial charge in [-0.25, -0.2) is 4.39 Å². The highest BCUT2D eigenvalue weighted by atomic mass is 35.5. The number of aryl methyl sites for hydroxylation is 1. The van der Waals surface area contributed by atoms with Gasteiger partial charge in [0.25, 0.3) is 5.91 Å². The Morgan fingerprint density at radius 2 is 1.83 bits per heavy atom. The van der Waals surface area contributed by atoms with Crippen LogP contribution in [0.2, 0.25) is 5.02 Å². The summed E-state index contributed by atoms with van der Waals surface area (Å²) in [5, 5.41) is 13.4. The molecule has 1 unspecified atom stereocenters. The predicted octanol–water partition coefficient (Wildman–Crippen LogP) is 7.84. The van der Waals surface area contributed by atoms with Crippen LogP contribution in [0.15, 0.2) is 71.6 Å². The molecule has 5 rings (SSSR count). The van der Waals surface area contributed by atoms with Crippen LogP contribution in [-0.4, -0.2) is 34.6 Å². The number of hydrogen-bond donors (Lipinski definition) is 2. The van der Waals surface area contributed by atoms with Crippen molar-refractivity contribution in [1.82, 2.24) is 9.88 Å². The smallest absolute Gasteiger partial charge is 0.394 e. The summed E-state index contributed by atoms with van der Waals surface area (Å²) in [5.74, 6) is 1.50. The van der Waals surface area contributed by atoms with E-state index in [0.29, 0.717) is 22.2 Å². The van der Waals surface area contributed by atoms with Gasteiger partial charge in [-0.15, -0.1) is 11.8 Å². The Labute approximate surface area is 244 Å². The van der Waals surface area contributed by atoms with E-state index < -0.39 is 30.4 Å². The van der Waals surface area contributed by atoms with Gasteiger partial charge in [0, 0.05) is 44.3 Å². The molecule has 1 atom stereocenters. The van der Waals surface area contributed by atoms with Crippen LogP contribution in [0.3, 0.4) is 0 Å². The molecular formula is C31H29ClF4N2O2S. The van der Waals surface area contributed by atoms with Crippen molar-refractivity contribution in [2.45, 2.75) is 42.9 Å². The predicted molar refractivity (Wildman–Crippen MR) is 154 cm³/mol. The molecule has 0 bridgehead atoms. The van der Waals surface area contributed by atoms with E-state index in [4.69, 9.17) is 11.6 Å². The maximum absolute atomic E-state index is 13.7. The highest BCUT2D eigenvalue weighted by Crippen LogP contribution is 2.36. The normalized spacial score (nSPS) is 14.4. The van der Waals surface area contributed by atoms with Gasteiger partial charge in [-0.3, -0.25) is 4.79 Å². The first kappa shape index (κ1) is 29.5. The van der Waals surface area contributed by atoms with Gasteiger partial charge >= 0.3 is 6.18 Å². The molecule has 1 amide bonds. The average Bonchev–Trinajstić information content (AvgIpc) is 3.73. The van der Waals surface area contributed by atoms with Crippen LogP contribution in [0, 0.1) is 5.92 Å². The van der Waals surface area contributed by atoms with E-state index in [1.54, 1.807) is 40.6 Å². The van der Waals surface area contributed by atoms with Crippen molar-refractivity contribution in [3.05, 3.63) is 99.7 Å². The molecule has 1 saturated carbocycles. The number of alkyl halides is 4. The number of thioether (sulfide) groups is 1. The van der Waals surface area contributed by atoms with Gasteiger partial charge < -0.3 is 15.0 Å². The van der Waals surface area contributed by atoms with Gasteiger partial charge in [-0.05, 0) is 78.4 Å². The van der Waals surface area contributed by atoms with Crippen molar-refractivity contribution in [3.63, 3.8) is 0 Å². The topological polar surface area (TPSA) is 54.3 Å². The highest BCUT2D eigenvalue weighted by molar-refractivity contribution is 7.99. The molecule has 41 heavy (non-hydrogen) atoms. The zero-order chi connectivity index (χ0) is 29.1. The largest absolute Gasteiger partial charge is 0.416 e. The lowest BCUT2D eigenvalue weighted by Gasteiger charge is -2.17. The van der Waals surface area contributed by atoms with Crippen LogP contribution in [0.25, 0.3) is 10.9 Å². The maximum Gasteiger partial charge on any atom is 0.416 e. The Morgan fingerprint density at radius 3 is 2.49 bits per heavy atom. The number of amides is 1. The molecule has 2 N–H and O–H groups in total. The lowest BCUT2D eigenvalue weighted by molar-refractivity contribution is -0.138. The van der Waals surface area contributed by atoms with Crippen LogP contribution in [0.5, 0.6) is 0 Å². The summed E-state index contributed by atoms with van der Waals surface area (Å²) in [6.07, 6.45) is -2.11. The van der Waals surface area contributed by atoms with E-state index in [-0.39, 0.29) is 30.2 Å². The quantitative estimate of drug-likeness (QED) is 0.135. The van der Waals surface area contributed by atoms with Crippen molar-refractivity contribution in [3.8, 4) is 0 Å². The molecule has 1 heterocycles. The molecule has 0 spiro atoms. The Hall–Kier alpha value is -3.01. The van der Waals surface area contributed by atoms with Crippen molar-refractivity contribution >= 4 is 40.2 Å². The molecule has 1 aromatic heterocycles. The first-order chi connectivity index (χ1) is 19.7. The molecule has 3 aromatic carbocycles. The fourth-order valence-corrected chi connectivity index (χ4v) is 6.16. The van der Waals surface area contributed by atoms with Crippen molar-refractivity contribution in [1.29, 1.82) is 0 Å². The van der Waals surface area contributed by atoms with Crippen LogP contribution in [0.4, 0.5) is 17.6 Å². The van der Waals surface area contributed by atoms with E-state index in [0.717, 1.165) is 28.2 Å². The number of carbonyl (C=O) groups is 1. The van der Waals surface area contributed by atoms with Crippen LogP contribution in [0.1, 0.15) is 51.6 Å². The van der Waals surface area contributed by atoms with E-state index in [1.165, 1.54) is 25.0 Å². The van der Waals surface area contributed by atoms with Crippen molar-refractivity contribution < 1.29 is 27.5 Å². The van der Waals surface area contributed by atoms with E-state index in [1.807, 2.05) is 24.3 Å². The third-order valence-corrected chi connectivity index (χ3v) is 8.74. The van der Waals surface area contributed by atoms with Gasteiger partial charge in [0.2, 0.25) is 0 Å². The molecule has 1 fully saturated rings. The second kappa shape index (κ2) is 12.5. The molecule has 216 valence electrons. The van der Waals surface area contributed by atoms with Crippen LogP contribution < -0.4 is 5.32 Å². The third-order valence-electron chi connectivity index (χ3n) is 7.26. The Morgan fingerprint density at radius 1 is 1.07 bits per heavy atom. The first-order valence-electron chi connectivity index (χ1n) is 13.3. The second-order valence-electron chi connectivity index (χ2n) is 10.3. The molecule has 1 aliphatic rings. The number of nitrogens with zero attached hydrogens (tertiary/aromatic N) is 1. The summed E-state index contributed by atoms with van der Waals surface area (Å²) in [5.41, 5.74) is 1.36. The number of fused-ring (bicyclic) bond motifs is 1. The van der Waals surface area contributed by atoms with Gasteiger partial charge in [-0.2, -0.15) is 13.2 Å². The minimum absolute atomic E-state index is 0.0190. The SMILES string of the molecule is O=C(NC(CO)c1ccc(SCC2CC2)cc1)c1ccc2c(c1)cc(Cc1ccc(Cl)cc1C(F)(F)F)n2CCF. The number of benzene rings is 3. The fraction of sp³-hybridized carbons (Fsp3) is 0.323. The van der Waals surface area contributed by atoms with E-state index in [9.17, 15) is 27.5 Å². The molecule has 4 aromatic rings. The Balaban J connectivity index is 1.36. The second-order valence-corrected chi connectivity index (χ2v) is 11.8. The van der Waals surface area contributed by atoms with Crippen molar-refractivity contribution in [2.24, 2.45) is 5.92 Å². The Bertz CT molecular complexity index is 1530. The van der Waals surface area contributed by atoms with Gasteiger partial charge in [-0.1, -0.05) is 29.8 Å². The van der Waals surface area contributed by atoms with Crippen LogP contribution >= 0.6 is 23.4 Å². The molecular weight excluding hydrogens is 576 g/mol. The lowest BCUT2D eigenvalue weighted by Crippen LogP contribution is -2.30. The number of halogens is 5. The summed E-state index contributed by atoms with van der Waals surface area (Å²) < 4.78 is 56.1. The number of aromatic nitrogens is 1.